The second-order valence-electron chi connectivity index (χ2n) is 5.83. The normalized spacial score (nSPS) is 23.1. The Morgan fingerprint density at radius 2 is 1.90 bits per heavy atom. The van der Waals surface area contributed by atoms with Crippen molar-refractivity contribution < 1.29 is 4.79 Å². The third-order valence-corrected chi connectivity index (χ3v) is 4.86. The molecule has 1 aromatic carbocycles. The van der Waals surface area contributed by atoms with Gasteiger partial charge in [-0.1, -0.05) is 43.0 Å². The number of fused-ring (bicyclic) bond motifs is 1. The quantitative estimate of drug-likeness (QED) is 0.732. The molecule has 4 heteroatoms. The zero-order valence-corrected chi connectivity index (χ0v) is 12.9. The van der Waals surface area contributed by atoms with E-state index in [-0.39, 0.29) is 11.7 Å². The Labute approximate surface area is 128 Å². The van der Waals surface area contributed by atoms with E-state index in [1.807, 2.05) is 6.07 Å². The van der Waals surface area contributed by atoms with Gasteiger partial charge in [0.2, 0.25) is 0 Å². The van der Waals surface area contributed by atoms with Crippen molar-refractivity contribution in [1.82, 2.24) is 4.98 Å². The predicted molar refractivity (Wildman–Crippen MR) is 83.8 cm³/mol. The fourth-order valence-electron chi connectivity index (χ4n) is 3.12. The Balaban J connectivity index is 1.96. The molecule has 0 spiro atoms. The highest BCUT2D eigenvalue weighted by Gasteiger charge is 2.27. The number of benzene rings is 1. The predicted octanol–water partition coefficient (Wildman–Crippen LogP) is 5.48. The van der Waals surface area contributed by atoms with Crippen molar-refractivity contribution in [2.45, 2.75) is 32.6 Å². The first-order valence-electron chi connectivity index (χ1n) is 7.06. The lowest BCUT2D eigenvalue weighted by atomic mass is 9.79. The number of hydrogen-bond donors (Lipinski definition) is 1. The summed E-state index contributed by atoms with van der Waals surface area (Å²) in [5.74, 6) is 1.09. The summed E-state index contributed by atoms with van der Waals surface area (Å²) >= 11 is 12.2. The summed E-state index contributed by atoms with van der Waals surface area (Å²) in [6.45, 7) is 2.26. The van der Waals surface area contributed by atoms with Crippen LogP contribution in [0.4, 0.5) is 0 Å². The summed E-state index contributed by atoms with van der Waals surface area (Å²) < 4.78 is 0. The van der Waals surface area contributed by atoms with Crippen molar-refractivity contribution in [1.29, 1.82) is 0 Å². The van der Waals surface area contributed by atoms with E-state index in [1.165, 1.54) is 0 Å². The van der Waals surface area contributed by atoms with Crippen LogP contribution in [0.25, 0.3) is 10.9 Å². The number of hydrogen-bond acceptors (Lipinski definition) is 1. The molecule has 1 fully saturated rings. The molecule has 20 heavy (non-hydrogen) atoms. The molecule has 106 valence electrons. The molecule has 0 atom stereocenters. The highest BCUT2D eigenvalue weighted by atomic mass is 35.5. The van der Waals surface area contributed by atoms with Crippen molar-refractivity contribution in [3.63, 3.8) is 0 Å². The van der Waals surface area contributed by atoms with Gasteiger partial charge in [0.1, 0.15) is 0 Å². The van der Waals surface area contributed by atoms with E-state index in [0.717, 1.165) is 42.5 Å². The van der Waals surface area contributed by atoms with Crippen LogP contribution in [-0.4, -0.2) is 10.8 Å². The Morgan fingerprint density at radius 1 is 1.20 bits per heavy atom. The van der Waals surface area contributed by atoms with Gasteiger partial charge >= 0.3 is 0 Å². The second kappa shape index (κ2) is 5.42. The smallest absolute Gasteiger partial charge is 0.168 e. The average Bonchev–Trinajstić information content (AvgIpc) is 2.82. The molecular formula is C16H17Cl2NO. The minimum atomic E-state index is 0.136. The molecule has 0 radical (unpaired) electrons. The van der Waals surface area contributed by atoms with Gasteiger partial charge in [-0.05, 0) is 30.9 Å². The third-order valence-electron chi connectivity index (χ3n) is 4.35. The average molecular weight is 310 g/mol. The SMILES string of the molecule is CC1CCC(C(=O)c2c[nH]c3cc(Cl)cc(Cl)c23)CC1. The molecule has 0 bridgehead atoms. The van der Waals surface area contributed by atoms with E-state index in [0.29, 0.717) is 15.6 Å². The maximum Gasteiger partial charge on any atom is 0.168 e. The first kappa shape index (κ1) is 14.0. The number of halogens is 2. The molecule has 1 heterocycles. The van der Waals surface area contributed by atoms with Crippen LogP contribution in [0, 0.1) is 11.8 Å². The summed E-state index contributed by atoms with van der Waals surface area (Å²) in [5.41, 5.74) is 1.54. The number of carbonyl (C=O) groups is 1. The lowest BCUT2D eigenvalue weighted by Crippen LogP contribution is -2.20. The third kappa shape index (κ3) is 2.47. The van der Waals surface area contributed by atoms with E-state index in [2.05, 4.69) is 11.9 Å². The topological polar surface area (TPSA) is 32.9 Å². The molecule has 0 saturated heterocycles. The number of Topliss-reactive ketones (excluding diaryl/α,β-unsaturated/α-hetero) is 1. The zero-order chi connectivity index (χ0) is 14.3. The Kier molecular flexibility index (Phi) is 3.78. The Morgan fingerprint density at radius 3 is 2.60 bits per heavy atom. The van der Waals surface area contributed by atoms with E-state index >= 15 is 0 Å². The standard InChI is InChI=1S/C16H17Cl2NO/c1-9-2-4-10(5-3-9)16(20)12-8-19-14-7-11(17)6-13(18)15(12)14/h6-10,19H,2-5H2,1H3. The van der Waals surface area contributed by atoms with Crippen LogP contribution in [0.1, 0.15) is 43.0 Å². The summed E-state index contributed by atoms with van der Waals surface area (Å²) in [6.07, 6.45) is 6.01. The van der Waals surface area contributed by atoms with Gasteiger partial charge in [0.25, 0.3) is 0 Å². The minimum absolute atomic E-state index is 0.136. The fraction of sp³-hybridized carbons (Fsp3) is 0.438. The van der Waals surface area contributed by atoms with Crippen molar-refractivity contribution in [3.8, 4) is 0 Å². The van der Waals surface area contributed by atoms with Crippen LogP contribution in [-0.2, 0) is 0 Å². The molecule has 0 amide bonds. The molecule has 2 nitrogen and oxygen atoms in total. The Hall–Kier alpha value is -0.990. The van der Waals surface area contributed by atoms with Gasteiger partial charge in [-0.25, -0.2) is 0 Å². The number of rotatable bonds is 2. The lowest BCUT2D eigenvalue weighted by molar-refractivity contribution is 0.0877. The van der Waals surface area contributed by atoms with Gasteiger partial charge in [-0.15, -0.1) is 0 Å². The van der Waals surface area contributed by atoms with Crippen LogP contribution >= 0.6 is 23.2 Å². The summed E-state index contributed by atoms with van der Waals surface area (Å²) in [5, 5.41) is 1.93. The van der Waals surface area contributed by atoms with E-state index in [1.54, 1.807) is 12.3 Å². The fourth-order valence-corrected chi connectivity index (χ4v) is 3.71. The van der Waals surface area contributed by atoms with Gasteiger partial charge in [-0.2, -0.15) is 0 Å². The molecule has 1 aliphatic rings. The molecule has 1 aromatic heterocycles. The van der Waals surface area contributed by atoms with Crippen LogP contribution < -0.4 is 0 Å². The van der Waals surface area contributed by atoms with Crippen molar-refractivity contribution in [2.75, 3.05) is 0 Å². The van der Waals surface area contributed by atoms with Gasteiger partial charge in [-0.3, -0.25) is 4.79 Å². The van der Waals surface area contributed by atoms with Crippen molar-refractivity contribution in [2.24, 2.45) is 11.8 Å². The molecule has 1 aliphatic carbocycles. The first-order chi connectivity index (χ1) is 9.56. The molecule has 1 N–H and O–H groups in total. The number of carbonyl (C=O) groups excluding carboxylic acids is 1. The number of nitrogens with one attached hydrogen (secondary N) is 1. The van der Waals surface area contributed by atoms with Crippen LogP contribution in [0.2, 0.25) is 10.0 Å². The molecule has 0 unspecified atom stereocenters. The maximum absolute atomic E-state index is 12.7. The van der Waals surface area contributed by atoms with Crippen molar-refractivity contribution >= 4 is 39.9 Å². The molecule has 0 aliphatic heterocycles. The first-order valence-corrected chi connectivity index (χ1v) is 7.82. The van der Waals surface area contributed by atoms with Crippen LogP contribution in [0.5, 0.6) is 0 Å². The molecule has 1 saturated carbocycles. The van der Waals surface area contributed by atoms with Crippen LogP contribution in [0.3, 0.4) is 0 Å². The molecule has 2 aromatic rings. The van der Waals surface area contributed by atoms with Crippen molar-refractivity contribution in [3.05, 3.63) is 33.9 Å². The number of aromatic nitrogens is 1. The van der Waals surface area contributed by atoms with Gasteiger partial charge < -0.3 is 4.98 Å². The summed E-state index contributed by atoms with van der Waals surface area (Å²) in [4.78, 5) is 15.8. The summed E-state index contributed by atoms with van der Waals surface area (Å²) in [7, 11) is 0. The lowest BCUT2D eigenvalue weighted by Gasteiger charge is -2.24. The summed E-state index contributed by atoms with van der Waals surface area (Å²) in [6, 6.07) is 3.50. The van der Waals surface area contributed by atoms with Crippen LogP contribution in [0.15, 0.2) is 18.3 Å². The highest BCUT2D eigenvalue weighted by Crippen LogP contribution is 2.35. The van der Waals surface area contributed by atoms with E-state index in [9.17, 15) is 4.79 Å². The zero-order valence-electron chi connectivity index (χ0n) is 11.4. The van der Waals surface area contributed by atoms with E-state index < -0.39 is 0 Å². The number of ketones is 1. The largest absolute Gasteiger partial charge is 0.360 e. The van der Waals surface area contributed by atoms with E-state index in [4.69, 9.17) is 23.2 Å². The van der Waals surface area contributed by atoms with Gasteiger partial charge in [0, 0.05) is 33.6 Å². The Bertz CT molecular complexity index is 654. The van der Waals surface area contributed by atoms with Gasteiger partial charge in [0.15, 0.2) is 5.78 Å². The van der Waals surface area contributed by atoms with Gasteiger partial charge in [0.05, 0.1) is 5.02 Å². The number of H-pyrrole nitrogens is 1. The highest BCUT2D eigenvalue weighted by molar-refractivity contribution is 6.39. The monoisotopic (exact) mass is 309 g/mol. The molecule has 3 rings (SSSR count). The number of aromatic amines is 1. The molecular weight excluding hydrogens is 293 g/mol. The minimum Gasteiger partial charge on any atom is -0.360 e. The maximum atomic E-state index is 12.7. The second-order valence-corrected chi connectivity index (χ2v) is 6.68.